The smallest absolute Gasteiger partial charge is 0.339 e. The van der Waals surface area contributed by atoms with Gasteiger partial charge in [-0.3, -0.25) is 14.6 Å². The maximum absolute atomic E-state index is 12.8. The number of aromatic nitrogens is 5. The number of alkyl halides is 3. The Morgan fingerprint density at radius 3 is 2.62 bits per heavy atom. The quantitative estimate of drug-likeness (QED) is 0.704. The molecule has 1 aliphatic rings. The standard InChI is InChI=1S/C18H19F3N6O2/c1-10-13(16(29)26-7-3-11(4-8-26)18(19,20)21)9-22-27(10)17-23-14-12(15(28)24-17)5-6-25(14)2/h5-6,9,11H,3-4,7-8H2,1-2H3,(H,23,24,28). The fourth-order valence-corrected chi connectivity index (χ4v) is 3.65. The molecule has 0 aliphatic carbocycles. The minimum atomic E-state index is -4.23. The zero-order valence-corrected chi connectivity index (χ0v) is 15.8. The van der Waals surface area contributed by atoms with Gasteiger partial charge >= 0.3 is 6.18 Å². The second-order valence-electron chi connectivity index (χ2n) is 7.22. The Labute approximate surface area is 162 Å². The molecule has 0 radical (unpaired) electrons. The number of amides is 1. The van der Waals surface area contributed by atoms with E-state index < -0.39 is 12.1 Å². The average Bonchev–Trinajstić information content (AvgIpc) is 3.24. The lowest BCUT2D eigenvalue weighted by Gasteiger charge is -2.32. The van der Waals surface area contributed by atoms with E-state index >= 15 is 0 Å². The highest BCUT2D eigenvalue weighted by molar-refractivity contribution is 5.95. The summed E-state index contributed by atoms with van der Waals surface area (Å²) in [5, 5.41) is 4.60. The Morgan fingerprint density at radius 1 is 1.28 bits per heavy atom. The molecule has 4 rings (SSSR count). The molecule has 3 aromatic rings. The Morgan fingerprint density at radius 2 is 1.97 bits per heavy atom. The summed E-state index contributed by atoms with van der Waals surface area (Å²) in [5.74, 6) is -1.59. The van der Waals surface area contributed by atoms with Crippen LogP contribution in [0.15, 0.2) is 23.3 Å². The van der Waals surface area contributed by atoms with Gasteiger partial charge in [-0.05, 0) is 25.8 Å². The second-order valence-corrected chi connectivity index (χ2v) is 7.22. The minimum absolute atomic E-state index is 0.0397. The summed E-state index contributed by atoms with van der Waals surface area (Å²) >= 11 is 0. The monoisotopic (exact) mass is 408 g/mol. The molecule has 0 bridgehead atoms. The molecular formula is C18H19F3N6O2. The third-order valence-electron chi connectivity index (χ3n) is 5.41. The number of aromatic amines is 1. The number of aryl methyl sites for hydroxylation is 1. The summed E-state index contributed by atoms with van der Waals surface area (Å²) in [7, 11) is 1.76. The van der Waals surface area contributed by atoms with Crippen LogP contribution in [0, 0.1) is 12.8 Å². The number of carbonyl (C=O) groups is 1. The molecule has 1 N–H and O–H groups in total. The van der Waals surface area contributed by atoms with Gasteiger partial charge in [0.25, 0.3) is 11.5 Å². The number of fused-ring (bicyclic) bond motifs is 1. The SMILES string of the molecule is Cc1c(C(=O)N2CCC(C(F)(F)F)CC2)cnn1-c1nc2c(ccn2C)c(=O)[nH]1. The first-order valence-electron chi connectivity index (χ1n) is 9.13. The van der Waals surface area contributed by atoms with Crippen molar-refractivity contribution in [2.75, 3.05) is 13.1 Å². The van der Waals surface area contributed by atoms with E-state index in [0.29, 0.717) is 16.7 Å². The van der Waals surface area contributed by atoms with Crippen molar-refractivity contribution in [3.05, 3.63) is 40.1 Å². The fraction of sp³-hybridized carbons (Fsp3) is 0.444. The largest absolute Gasteiger partial charge is 0.391 e. The Bertz CT molecular complexity index is 1130. The van der Waals surface area contributed by atoms with Crippen molar-refractivity contribution in [2.45, 2.75) is 25.9 Å². The molecular weight excluding hydrogens is 389 g/mol. The van der Waals surface area contributed by atoms with E-state index in [0.717, 1.165) is 0 Å². The van der Waals surface area contributed by atoms with Gasteiger partial charge in [-0.1, -0.05) is 0 Å². The van der Waals surface area contributed by atoms with E-state index in [1.807, 2.05) is 0 Å². The second kappa shape index (κ2) is 6.75. The fourth-order valence-electron chi connectivity index (χ4n) is 3.65. The maximum Gasteiger partial charge on any atom is 0.391 e. The average molecular weight is 408 g/mol. The summed E-state index contributed by atoms with van der Waals surface area (Å²) in [6, 6.07) is 1.65. The Kier molecular flexibility index (Phi) is 4.47. The van der Waals surface area contributed by atoms with Crippen molar-refractivity contribution in [2.24, 2.45) is 13.0 Å². The van der Waals surface area contributed by atoms with Crippen LogP contribution < -0.4 is 5.56 Å². The topological polar surface area (TPSA) is 88.8 Å². The van der Waals surface area contributed by atoms with Gasteiger partial charge in [0.2, 0.25) is 5.95 Å². The van der Waals surface area contributed by atoms with Crippen LogP contribution in [0.5, 0.6) is 0 Å². The molecule has 0 unspecified atom stereocenters. The van der Waals surface area contributed by atoms with Gasteiger partial charge in [0, 0.05) is 26.3 Å². The summed E-state index contributed by atoms with van der Waals surface area (Å²) in [6.07, 6.45) is -1.39. The van der Waals surface area contributed by atoms with Crippen molar-refractivity contribution in [1.82, 2.24) is 29.2 Å². The third-order valence-corrected chi connectivity index (χ3v) is 5.41. The number of hydrogen-bond donors (Lipinski definition) is 1. The van der Waals surface area contributed by atoms with Crippen LogP contribution in [0.3, 0.4) is 0 Å². The van der Waals surface area contributed by atoms with Gasteiger partial charge in [0.15, 0.2) is 0 Å². The van der Waals surface area contributed by atoms with E-state index in [9.17, 15) is 22.8 Å². The molecule has 1 fully saturated rings. The lowest BCUT2D eigenvalue weighted by molar-refractivity contribution is -0.183. The number of hydrogen-bond acceptors (Lipinski definition) is 4. The van der Waals surface area contributed by atoms with Gasteiger partial charge in [-0.2, -0.15) is 23.3 Å². The lowest BCUT2D eigenvalue weighted by Crippen LogP contribution is -2.42. The first-order chi connectivity index (χ1) is 13.7. The molecule has 11 heteroatoms. The highest BCUT2D eigenvalue weighted by Crippen LogP contribution is 2.34. The van der Waals surface area contributed by atoms with Gasteiger partial charge < -0.3 is 9.47 Å². The molecule has 154 valence electrons. The summed E-state index contributed by atoms with van der Waals surface area (Å²) in [5.41, 5.74) is 0.859. The number of rotatable bonds is 2. The highest BCUT2D eigenvalue weighted by Gasteiger charge is 2.42. The number of likely N-dealkylation sites (tertiary alicyclic amines) is 1. The zero-order valence-electron chi connectivity index (χ0n) is 15.8. The number of H-pyrrole nitrogens is 1. The Balaban J connectivity index is 1.60. The molecule has 0 spiro atoms. The van der Waals surface area contributed by atoms with Crippen LogP contribution in [0.25, 0.3) is 17.0 Å². The van der Waals surface area contributed by atoms with Crippen LogP contribution >= 0.6 is 0 Å². The van der Waals surface area contributed by atoms with Crippen LogP contribution in [0.1, 0.15) is 28.9 Å². The lowest BCUT2D eigenvalue weighted by atomic mass is 9.96. The number of halogens is 3. The summed E-state index contributed by atoms with van der Waals surface area (Å²) in [6.45, 7) is 1.73. The molecule has 8 nitrogen and oxygen atoms in total. The summed E-state index contributed by atoms with van der Waals surface area (Å²) in [4.78, 5) is 33.6. The van der Waals surface area contributed by atoms with Crippen LogP contribution in [0.2, 0.25) is 0 Å². The molecule has 1 amide bonds. The normalized spacial score (nSPS) is 16.0. The van der Waals surface area contributed by atoms with Crippen molar-refractivity contribution in [3.63, 3.8) is 0 Å². The van der Waals surface area contributed by atoms with Crippen molar-refractivity contribution in [1.29, 1.82) is 0 Å². The van der Waals surface area contributed by atoms with Crippen molar-refractivity contribution in [3.8, 4) is 5.95 Å². The number of carbonyl (C=O) groups excluding carboxylic acids is 1. The van der Waals surface area contributed by atoms with Gasteiger partial charge in [0.05, 0.1) is 28.8 Å². The van der Waals surface area contributed by atoms with Crippen LogP contribution in [-0.4, -0.2) is 54.4 Å². The van der Waals surface area contributed by atoms with Crippen molar-refractivity contribution >= 4 is 16.9 Å². The van der Waals surface area contributed by atoms with Gasteiger partial charge in [0.1, 0.15) is 5.65 Å². The van der Waals surface area contributed by atoms with E-state index in [-0.39, 0.29) is 48.9 Å². The van der Waals surface area contributed by atoms with E-state index in [1.165, 1.54) is 15.8 Å². The summed E-state index contributed by atoms with van der Waals surface area (Å²) < 4.78 is 41.6. The maximum atomic E-state index is 12.8. The van der Waals surface area contributed by atoms with E-state index in [1.54, 1.807) is 30.8 Å². The molecule has 0 saturated carbocycles. The minimum Gasteiger partial charge on any atom is -0.339 e. The van der Waals surface area contributed by atoms with Gasteiger partial charge in [-0.25, -0.2) is 4.68 Å². The van der Waals surface area contributed by atoms with Gasteiger partial charge in [-0.15, -0.1) is 0 Å². The zero-order chi connectivity index (χ0) is 20.9. The molecule has 29 heavy (non-hydrogen) atoms. The predicted molar refractivity (Wildman–Crippen MR) is 97.9 cm³/mol. The number of nitrogens with one attached hydrogen (secondary N) is 1. The molecule has 4 heterocycles. The van der Waals surface area contributed by atoms with Crippen LogP contribution in [0.4, 0.5) is 13.2 Å². The van der Waals surface area contributed by atoms with E-state index in [2.05, 4.69) is 15.1 Å². The number of nitrogens with zero attached hydrogens (tertiary/aromatic N) is 5. The number of piperidine rings is 1. The van der Waals surface area contributed by atoms with E-state index in [4.69, 9.17) is 0 Å². The first kappa shape index (κ1) is 19.2. The predicted octanol–water partition coefficient (Wildman–Crippen LogP) is 2.17. The molecule has 0 aromatic carbocycles. The third kappa shape index (κ3) is 3.30. The highest BCUT2D eigenvalue weighted by atomic mass is 19.4. The molecule has 0 atom stereocenters. The van der Waals surface area contributed by atoms with Crippen molar-refractivity contribution < 1.29 is 18.0 Å². The first-order valence-corrected chi connectivity index (χ1v) is 9.13. The molecule has 3 aromatic heterocycles. The van der Waals surface area contributed by atoms with Crippen LogP contribution in [-0.2, 0) is 7.05 Å². The Hall–Kier alpha value is -3.11. The molecule has 1 aliphatic heterocycles. The molecule has 1 saturated heterocycles.